The lowest BCUT2D eigenvalue weighted by Crippen LogP contribution is -2.26. The number of halogens is 1. The van der Waals surface area contributed by atoms with Crippen molar-refractivity contribution >= 4 is 21.6 Å². The summed E-state index contributed by atoms with van der Waals surface area (Å²) in [4.78, 5) is 12.2. The Bertz CT molecular complexity index is 866. The van der Waals surface area contributed by atoms with E-state index in [0.717, 1.165) is 11.8 Å². The van der Waals surface area contributed by atoms with E-state index in [4.69, 9.17) is 0 Å². The maximum Gasteiger partial charge on any atom is 0.251 e. The molecule has 2 rings (SSSR count). The lowest BCUT2D eigenvalue weighted by molar-refractivity contribution is 0.0939. The van der Waals surface area contributed by atoms with E-state index >= 15 is 0 Å². The SMILES string of the molecule is Cc1ccc(C(=O)NC(C)c2cccc(NS(C)(=O)=O)c2)cc1F. The summed E-state index contributed by atoms with van der Waals surface area (Å²) < 4.78 is 38.5. The van der Waals surface area contributed by atoms with Gasteiger partial charge >= 0.3 is 0 Å². The fraction of sp³-hybridized carbons (Fsp3) is 0.235. The number of carbonyl (C=O) groups excluding carboxylic acids is 1. The molecule has 1 unspecified atom stereocenters. The van der Waals surface area contributed by atoms with Gasteiger partial charge in [0.2, 0.25) is 10.0 Å². The van der Waals surface area contributed by atoms with Gasteiger partial charge in [-0.15, -0.1) is 0 Å². The molecule has 0 spiro atoms. The van der Waals surface area contributed by atoms with Crippen LogP contribution in [0.15, 0.2) is 42.5 Å². The molecule has 0 aliphatic heterocycles. The normalized spacial score (nSPS) is 12.5. The predicted octanol–water partition coefficient (Wildman–Crippen LogP) is 3.00. The van der Waals surface area contributed by atoms with Gasteiger partial charge < -0.3 is 5.32 Å². The molecule has 0 bridgehead atoms. The molecule has 5 nitrogen and oxygen atoms in total. The molecule has 24 heavy (non-hydrogen) atoms. The maximum absolute atomic E-state index is 13.6. The molecule has 2 aromatic carbocycles. The quantitative estimate of drug-likeness (QED) is 0.870. The Kier molecular flexibility index (Phi) is 5.23. The molecule has 1 atom stereocenters. The Morgan fingerprint density at radius 1 is 1.17 bits per heavy atom. The Labute approximate surface area is 141 Å². The summed E-state index contributed by atoms with van der Waals surface area (Å²) in [6.45, 7) is 3.39. The topological polar surface area (TPSA) is 75.3 Å². The molecular formula is C17H19FN2O3S. The molecule has 0 radical (unpaired) electrons. The molecular weight excluding hydrogens is 331 g/mol. The average molecular weight is 350 g/mol. The van der Waals surface area contributed by atoms with E-state index in [-0.39, 0.29) is 11.6 Å². The molecule has 0 aliphatic carbocycles. The minimum atomic E-state index is -3.37. The van der Waals surface area contributed by atoms with Crippen LogP contribution < -0.4 is 10.0 Å². The number of nitrogens with one attached hydrogen (secondary N) is 2. The second-order valence-corrected chi connectivity index (χ2v) is 7.41. The molecule has 1 amide bonds. The van der Waals surface area contributed by atoms with Crippen LogP contribution in [0.25, 0.3) is 0 Å². The van der Waals surface area contributed by atoms with Gasteiger partial charge in [-0.3, -0.25) is 9.52 Å². The fourth-order valence-electron chi connectivity index (χ4n) is 2.18. The van der Waals surface area contributed by atoms with Crippen LogP contribution in [0.2, 0.25) is 0 Å². The first-order chi connectivity index (χ1) is 11.2. The largest absolute Gasteiger partial charge is 0.346 e. The molecule has 0 saturated carbocycles. The highest BCUT2D eigenvalue weighted by Gasteiger charge is 2.13. The Hall–Kier alpha value is -2.41. The fourth-order valence-corrected chi connectivity index (χ4v) is 2.74. The first kappa shape index (κ1) is 17.9. The van der Waals surface area contributed by atoms with E-state index in [2.05, 4.69) is 10.0 Å². The van der Waals surface area contributed by atoms with E-state index in [9.17, 15) is 17.6 Å². The number of benzene rings is 2. The van der Waals surface area contributed by atoms with Crippen LogP contribution in [0.4, 0.5) is 10.1 Å². The van der Waals surface area contributed by atoms with Crippen LogP contribution in [-0.2, 0) is 10.0 Å². The maximum atomic E-state index is 13.6. The third kappa shape index (κ3) is 4.79. The van der Waals surface area contributed by atoms with E-state index in [0.29, 0.717) is 11.3 Å². The minimum absolute atomic E-state index is 0.232. The van der Waals surface area contributed by atoms with Crippen molar-refractivity contribution in [3.63, 3.8) is 0 Å². The number of sulfonamides is 1. The van der Waals surface area contributed by atoms with Crippen molar-refractivity contribution in [1.29, 1.82) is 0 Å². The molecule has 0 aliphatic rings. The van der Waals surface area contributed by atoms with Gasteiger partial charge in [0, 0.05) is 11.3 Å². The van der Waals surface area contributed by atoms with E-state index in [1.165, 1.54) is 6.07 Å². The van der Waals surface area contributed by atoms with Gasteiger partial charge in [0.1, 0.15) is 5.82 Å². The number of rotatable bonds is 5. The zero-order valence-electron chi connectivity index (χ0n) is 13.6. The lowest BCUT2D eigenvalue weighted by Gasteiger charge is -2.16. The van der Waals surface area contributed by atoms with Crippen LogP contribution in [-0.4, -0.2) is 20.6 Å². The monoisotopic (exact) mass is 350 g/mol. The Morgan fingerprint density at radius 2 is 1.88 bits per heavy atom. The van der Waals surface area contributed by atoms with Crippen molar-refractivity contribution in [3.05, 3.63) is 65.0 Å². The molecule has 0 saturated heterocycles. The van der Waals surface area contributed by atoms with E-state index < -0.39 is 21.7 Å². The lowest BCUT2D eigenvalue weighted by atomic mass is 10.1. The van der Waals surface area contributed by atoms with Crippen LogP contribution in [0, 0.1) is 12.7 Å². The molecule has 2 aromatic rings. The predicted molar refractivity (Wildman–Crippen MR) is 91.9 cm³/mol. The smallest absolute Gasteiger partial charge is 0.251 e. The summed E-state index contributed by atoms with van der Waals surface area (Å²) in [6, 6.07) is 10.6. The van der Waals surface area contributed by atoms with Gasteiger partial charge in [-0.2, -0.15) is 0 Å². The van der Waals surface area contributed by atoms with Crippen molar-refractivity contribution in [2.45, 2.75) is 19.9 Å². The van der Waals surface area contributed by atoms with Crippen LogP contribution in [0.5, 0.6) is 0 Å². The average Bonchev–Trinajstić information content (AvgIpc) is 2.48. The number of aryl methyl sites for hydroxylation is 1. The van der Waals surface area contributed by atoms with Crippen molar-refractivity contribution in [3.8, 4) is 0 Å². The summed E-state index contributed by atoms with van der Waals surface area (Å²) in [5.41, 5.74) is 1.84. The Balaban J connectivity index is 2.14. The molecule has 128 valence electrons. The second kappa shape index (κ2) is 7.00. The molecule has 2 N–H and O–H groups in total. The second-order valence-electron chi connectivity index (χ2n) is 5.66. The number of carbonyl (C=O) groups is 1. The van der Waals surface area contributed by atoms with Gasteiger partial charge in [0.25, 0.3) is 5.91 Å². The van der Waals surface area contributed by atoms with Crippen molar-refractivity contribution in [2.75, 3.05) is 11.0 Å². The van der Waals surface area contributed by atoms with E-state index in [1.807, 2.05) is 0 Å². The number of hydrogen-bond acceptors (Lipinski definition) is 3. The van der Waals surface area contributed by atoms with Gasteiger partial charge in [-0.25, -0.2) is 12.8 Å². The first-order valence-corrected chi connectivity index (χ1v) is 9.19. The zero-order chi connectivity index (χ0) is 17.9. The summed E-state index contributed by atoms with van der Waals surface area (Å²) in [6.07, 6.45) is 1.07. The zero-order valence-corrected chi connectivity index (χ0v) is 14.4. The highest BCUT2D eigenvalue weighted by molar-refractivity contribution is 7.92. The summed E-state index contributed by atoms with van der Waals surface area (Å²) >= 11 is 0. The third-order valence-electron chi connectivity index (χ3n) is 3.47. The minimum Gasteiger partial charge on any atom is -0.346 e. The first-order valence-electron chi connectivity index (χ1n) is 7.30. The molecule has 7 heteroatoms. The van der Waals surface area contributed by atoms with E-state index in [1.54, 1.807) is 50.2 Å². The van der Waals surface area contributed by atoms with Crippen molar-refractivity contribution in [1.82, 2.24) is 5.32 Å². The van der Waals surface area contributed by atoms with Gasteiger partial charge in [0.05, 0.1) is 12.3 Å². The molecule has 0 heterocycles. The van der Waals surface area contributed by atoms with Crippen LogP contribution in [0.1, 0.15) is 34.5 Å². The summed E-state index contributed by atoms with van der Waals surface area (Å²) in [5.74, 6) is -0.836. The third-order valence-corrected chi connectivity index (χ3v) is 4.08. The highest BCUT2D eigenvalue weighted by Crippen LogP contribution is 2.19. The summed E-state index contributed by atoms with van der Waals surface area (Å²) in [5, 5.41) is 2.77. The number of hydrogen-bond donors (Lipinski definition) is 2. The van der Waals surface area contributed by atoms with Gasteiger partial charge in [0.15, 0.2) is 0 Å². The number of anilines is 1. The molecule has 0 fully saturated rings. The van der Waals surface area contributed by atoms with Gasteiger partial charge in [-0.05, 0) is 49.2 Å². The highest BCUT2D eigenvalue weighted by atomic mass is 32.2. The van der Waals surface area contributed by atoms with Gasteiger partial charge in [-0.1, -0.05) is 18.2 Å². The molecule has 0 aromatic heterocycles. The summed E-state index contributed by atoms with van der Waals surface area (Å²) in [7, 11) is -3.37. The standard InChI is InChI=1S/C17H19FN2O3S/c1-11-7-8-14(10-16(11)18)17(21)19-12(2)13-5-4-6-15(9-13)20-24(3,22)23/h4-10,12,20H,1-3H3,(H,19,21). The van der Waals surface area contributed by atoms with Crippen molar-refractivity contribution in [2.24, 2.45) is 0 Å². The van der Waals surface area contributed by atoms with Crippen LogP contribution in [0.3, 0.4) is 0 Å². The Morgan fingerprint density at radius 3 is 2.50 bits per heavy atom. The van der Waals surface area contributed by atoms with Crippen LogP contribution >= 0.6 is 0 Å². The number of amides is 1. The van der Waals surface area contributed by atoms with Crippen molar-refractivity contribution < 1.29 is 17.6 Å².